The van der Waals surface area contributed by atoms with Crippen molar-refractivity contribution >= 4 is 24.2 Å². The van der Waals surface area contributed by atoms with Crippen LogP contribution in [0.4, 0.5) is 0 Å². The van der Waals surface area contributed by atoms with Gasteiger partial charge in [-0.1, -0.05) is 26.2 Å². The molecule has 6 heteroatoms. The van der Waals surface area contributed by atoms with Crippen molar-refractivity contribution in [1.82, 2.24) is 15.5 Å². The van der Waals surface area contributed by atoms with Crippen molar-refractivity contribution in [3.05, 3.63) is 0 Å². The minimum Gasteiger partial charge on any atom is -0.352 e. The number of nitrogens with zero attached hydrogens (tertiary/aromatic N) is 1. The number of amides is 2. The second-order valence-corrected chi connectivity index (χ2v) is 8.44. The van der Waals surface area contributed by atoms with E-state index in [1.807, 2.05) is 4.90 Å². The number of piperidine rings is 1. The summed E-state index contributed by atoms with van der Waals surface area (Å²) in [5.74, 6) is 1.86. The van der Waals surface area contributed by atoms with E-state index < -0.39 is 0 Å². The molecule has 0 bridgehead atoms. The second-order valence-electron chi connectivity index (χ2n) is 8.44. The monoisotopic (exact) mass is 385 g/mol. The fourth-order valence-corrected chi connectivity index (χ4v) is 4.84. The van der Waals surface area contributed by atoms with Gasteiger partial charge in [0.1, 0.15) is 0 Å². The Bertz CT molecular complexity index is 462. The van der Waals surface area contributed by atoms with Crippen LogP contribution in [0.25, 0.3) is 0 Å². The molecule has 3 aliphatic rings. The van der Waals surface area contributed by atoms with Crippen LogP contribution in [-0.4, -0.2) is 48.9 Å². The van der Waals surface area contributed by atoms with Crippen LogP contribution in [0.3, 0.4) is 0 Å². The molecule has 2 atom stereocenters. The molecule has 0 radical (unpaired) electrons. The van der Waals surface area contributed by atoms with Crippen molar-refractivity contribution < 1.29 is 9.59 Å². The Morgan fingerprint density at radius 1 is 1.08 bits per heavy atom. The lowest BCUT2D eigenvalue weighted by molar-refractivity contribution is -0.135. The van der Waals surface area contributed by atoms with Gasteiger partial charge in [-0.25, -0.2) is 0 Å². The van der Waals surface area contributed by atoms with Gasteiger partial charge in [0.05, 0.1) is 0 Å². The van der Waals surface area contributed by atoms with E-state index in [0.717, 1.165) is 38.9 Å². The number of halogens is 1. The highest BCUT2D eigenvalue weighted by Gasteiger charge is 2.32. The zero-order valence-corrected chi connectivity index (χ0v) is 17.0. The molecule has 2 aliphatic heterocycles. The van der Waals surface area contributed by atoms with Crippen molar-refractivity contribution in [3.63, 3.8) is 0 Å². The van der Waals surface area contributed by atoms with Gasteiger partial charge in [0, 0.05) is 31.5 Å². The van der Waals surface area contributed by atoms with Crippen molar-refractivity contribution in [2.45, 2.75) is 70.8 Å². The van der Waals surface area contributed by atoms with E-state index >= 15 is 0 Å². The van der Waals surface area contributed by atoms with E-state index in [9.17, 15) is 9.59 Å². The Hall–Kier alpha value is -0.810. The number of nitrogens with one attached hydrogen (secondary N) is 2. The van der Waals surface area contributed by atoms with Crippen LogP contribution in [0.15, 0.2) is 0 Å². The number of likely N-dealkylation sites (tertiary alicyclic amines) is 1. The predicted molar refractivity (Wildman–Crippen MR) is 106 cm³/mol. The number of carbonyl (C=O) groups excluding carboxylic acids is 2. The maximum Gasteiger partial charge on any atom is 0.225 e. The highest BCUT2D eigenvalue weighted by atomic mass is 35.5. The van der Waals surface area contributed by atoms with Crippen LogP contribution in [0.2, 0.25) is 0 Å². The average Bonchev–Trinajstić information content (AvgIpc) is 3.10. The van der Waals surface area contributed by atoms with Crippen LogP contribution in [0.5, 0.6) is 0 Å². The maximum absolute atomic E-state index is 12.6. The molecule has 2 saturated heterocycles. The van der Waals surface area contributed by atoms with Crippen molar-refractivity contribution in [3.8, 4) is 0 Å². The molecule has 2 N–H and O–H groups in total. The standard InChI is InChI=1S/C20H35N3O2.ClH/c1-15(16-7-10-21-11-8-16)13-19(24)22-18-9-12-23(14-18)20(25)17-5-3-2-4-6-17;/h15-18,21H,2-14H2,1H3,(H,22,24);1H. The van der Waals surface area contributed by atoms with Gasteiger partial charge >= 0.3 is 0 Å². The molecule has 1 aliphatic carbocycles. The van der Waals surface area contributed by atoms with E-state index in [2.05, 4.69) is 17.6 Å². The number of carbonyl (C=O) groups is 2. The average molecular weight is 386 g/mol. The SMILES string of the molecule is CC(CC(=O)NC1CCN(C(=O)C2CCCCC2)C1)C1CCNCC1.Cl. The summed E-state index contributed by atoms with van der Waals surface area (Å²) in [7, 11) is 0. The zero-order chi connectivity index (χ0) is 17.6. The molecular formula is C20H36ClN3O2. The number of hydrogen-bond acceptors (Lipinski definition) is 3. The highest BCUT2D eigenvalue weighted by Crippen LogP contribution is 2.27. The lowest BCUT2D eigenvalue weighted by Gasteiger charge is -2.28. The molecule has 3 rings (SSSR count). The van der Waals surface area contributed by atoms with Gasteiger partial charge in [-0.15, -0.1) is 12.4 Å². The van der Waals surface area contributed by atoms with Crippen LogP contribution >= 0.6 is 12.4 Å². The van der Waals surface area contributed by atoms with Crippen LogP contribution in [0.1, 0.15) is 64.7 Å². The minimum atomic E-state index is 0. The lowest BCUT2D eigenvalue weighted by Crippen LogP contribution is -2.41. The summed E-state index contributed by atoms with van der Waals surface area (Å²) < 4.78 is 0. The fraction of sp³-hybridized carbons (Fsp3) is 0.900. The summed E-state index contributed by atoms with van der Waals surface area (Å²) >= 11 is 0. The first-order chi connectivity index (χ1) is 12.1. The Kier molecular flexibility index (Phi) is 8.68. The van der Waals surface area contributed by atoms with Crippen LogP contribution < -0.4 is 10.6 Å². The van der Waals surface area contributed by atoms with Crippen LogP contribution in [-0.2, 0) is 9.59 Å². The van der Waals surface area contributed by atoms with E-state index in [0.29, 0.717) is 30.7 Å². The third-order valence-corrected chi connectivity index (χ3v) is 6.52. The summed E-state index contributed by atoms with van der Waals surface area (Å²) in [4.78, 5) is 27.0. The Balaban J connectivity index is 0.00000243. The normalized spacial score (nSPS) is 26.2. The van der Waals surface area contributed by atoms with Crippen molar-refractivity contribution in [1.29, 1.82) is 0 Å². The first-order valence-electron chi connectivity index (χ1n) is 10.4. The zero-order valence-electron chi connectivity index (χ0n) is 16.2. The van der Waals surface area contributed by atoms with Gasteiger partial charge in [0.15, 0.2) is 0 Å². The summed E-state index contributed by atoms with van der Waals surface area (Å²) in [6.07, 6.45) is 9.67. The molecule has 2 heterocycles. The maximum atomic E-state index is 12.6. The number of hydrogen-bond donors (Lipinski definition) is 2. The van der Waals surface area contributed by atoms with Gasteiger partial charge < -0.3 is 15.5 Å². The van der Waals surface area contributed by atoms with Gasteiger partial charge in [0.2, 0.25) is 11.8 Å². The van der Waals surface area contributed by atoms with Gasteiger partial charge in [0.25, 0.3) is 0 Å². The predicted octanol–water partition coefficient (Wildman–Crippen LogP) is 2.73. The molecule has 0 aromatic rings. The third-order valence-electron chi connectivity index (χ3n) is 6.52. The molecule has 26 heavy (non-hydrogen) atoms. The first-order valence-corrected chi connectivity index (χ1v) is 10.4. The number of rotatable bonds is 5. The van der Waals surface area contributed by atoms with Gasteiger partial charge in [-0.3, -0.25) is 9.59 Å². The molecule has 5 nitrogen and oxygen atoms in total. The topological polar surface area (TPSA) is 61.4 Å². The quantitative estimate of drug-likeness (QED) is 0.764. The molecule has 0 spiro atoms. The molecule has 150 valence electrons. The largest absolute Gasteiger partial charge is 0.352 e. The van der Waals surface area contributed by atoms with Gasteiger partial charge in [-0.2, -0.15) is 0 Å². The molecular weight excluding hydrogens is 350 g/mol. The molecule has 0 aromatic heterocycles. The summed E-state index contributed by atoms with van der Waals surface area (Å²) in [5.41, 5.74) is 0. The van der Waals surface area contributed by atoms with Crippen molar-refractivity contribution in [2.24, 2.45) is 17.8 Å². The molecule has 1 saturated carbocycles. The third kappa shape index (κ3) is 5.85. The van der Waals surface area contributed by atoms with Crippen molar-refractivity contribution in [2.75, 3.05) is 26.2 Å². The molecule has 2 amide bonds. The fourth-order valence-electron chi connectivity index (χ4n) is 4.84. The second kappa shape index (κ2) is 10.5. The van der Waals surface area contributed by atoms with E-state index in [1.54, 1.807) is 0 Å². The van der Waals surface area contributed by atoms with E-state index in [-0.39, 0.29) is 30.3 Å². The van der Waals surface area contributed by atoms with Crippen LogP contribution in [0, 0.1) is 17.8 Å². The van der Waals surface area contributed by atoms with Gasteiger partial charge in [-0.05, 0) is 57.0 Å². The Morgan fingerprint density at radius 2 is 1.77 bits per heavy atom. The smallest absolute Gasteiger partial charge is 0.225 e. The molecule has 0 aromatic carbocycles. The Labute approximate surface area is 164 Å². The lowest BCUT2D eigenvalue weighted by atomic mass is 9.84. The van der Waals surface area contributed by atoms with E-state index in [1.165, 1.54) is 32.1 Å². The first kappa shape index (κ1) is 21.5. The summed E-state index contributed by atoms with van der Waals surface area (Å²) in [6, 6.07) is 0.153. The highest BCUT2D eigenvalue weighted by molar-refractivity contribution is 5.85. The molecule has 3 fully saturated rings. The molecule has 2 unspecified atom stereocenters. The minimum absolute atomic E-state index is 0. The Morgan fingerprint density at radius 3 is 2.46 bits per heavy atom. The summed E-state index contributed by atoms with van der Waals surface area (Å²) in [5, 5.41) is 6.57. The summed E-state index contributed by atoms with van der Waals surface area (Å²) in [6.45, 7) is 5.89. The van der Waals surface area contributed by atoms with E-state index in [4.69, 9.17) is 0 Å².